The molecule has 0 atom stereocenters. The molecule has 0 saturated heterocycles. The number of hydrogen-bond acceptors (Lipinski definition) is 0. The summed E-state index contributed by atoms with van der Waals surface area (Å²) in [5.41, 5.74) is 0. The van der Waals surface area contributed by atoms with Crippen molar-refractivity contribution < 1.29 is 36.4 Å². The molecule has 0 radical (unpaired) electrons. The zero-order valence-corrected chi connectivity index (χ0v) is 6.46. The summed E-state index contributed by atoms with van der Waals surface area (Å²) >= 11 is -1.92. The van der Waals surface area contributed by atoms with Crippen LogP contribution in [0.1, 0.15) is 2.85 Å². The summed E-state index contributed by atoms with van der Waals surface area (Å²) in [7, 11) is 14.9. The second-order valence-corrected chi connectivity index (χ2v) is 7.95. The number of halogens is 3. The number of rotatable bonds is 0. The molecule has 0 aromatic carbocycles. The van der Waals surface area contributed by atoms with E-state index in [9.17, 15) is 0 Å². The molecule has 0 unspecified atom stereocenters. The van der Waals surface area contributed by atoms with Gasteiger partial charge in [0.25, 0.3) is 0 Å². The van der Waals surface area contributed by atoms with Crippen LogP contribution in [0, 0.1) is 0 Å². The van der Waals surface area contributed by atoms with Gasteiger partial charge >= 0.3 is 61.5 Å². The Morgan fingerprint density at radius 2 is 1.17 bits per heavy atom. The van der Waals surface area contributed by atoms with Gasteiger partial charge in [-0.15, -0.1) is 0 Å². The van der Waals surface area contributed by atoms with Gasteiger partial charge in [0.15, 0.2) is 17.4 Å². The molecule has 0 amide bonds. The van der Waals surface area contributed by atoms with Crippen molar-refractivity contribution in [1.29, 1.82) is 0 Å². The fraction of sp³-hybridized carbons (Fsp3) is 0. The van der Waals surface area contributed by atoms with Gasteiger partial charge < -0.3 is 2.85 Å². The van der Waals surface area contributed by atoms with Crippen molar-refractivity contribution in [3.05, 3.63) is 0 Å². The molecular weight excluding hydrogens is 188 g/mol. The van der Waals surface area contributed by atoms with Crippen LogP contribution in [-0.4, -0.2) is 17.4 Å². The normalized spacial score (nSPS) is 4.50. The first-order valence-corrected chi connectivity index (χ1v) is 7.01. The van der Waals surface area contributed by atoms with E-state index >= 15 is 0 Å². The van der Waals surface area contributed by atoms with Gasteiger partial charge in [0.2, 0.25) is 0 Å². The fourth-order valence-corrected chi connectivity index (χ4v) is 0. The number of hydrogen-bond donors (Lipinski definition) is 0. The van der Waals surface area contributed by atoms with E-state index in [1.165, 1.54) is 0 Å². The van der Waals surface area contributed by atoms with Crippen LogP contribution >= 0.6 is 27.9 Å². The minimum Gasteiger partial charge on any atom is -1.00 e. The topological polar surface area (TPSA) is 0 Å². The molecule has 0 N–H and O–H groups in total. The second-order valence-electron chi connectivity index (χ2n) is 0.214. The van der Waals surface area contributed by atoms with E-state index in [-0.39, 0.29) is 39.1 Å². The average molecular weight is 193 g/mol. The minimum atomic E-state index is -1.92. The summed E-state index contributed by atoms with van der Waals surface area (Å²) in [6.07, 6.45) is 0. The molecule has 0 spiro atoms. The predicted octanol–water partition coefficient (Wildman–Crippen LogP) is -1.89. The summed E-state index contributed by atoms with van der Waals surface area (Å²) in [5.74, 6) is 0. The summed E-state index contributed by atoms with van der Waals surface area (Å²) in [6.45, 7) is 0. The van der Waals surface area contributed by atoms with E-state index in [4.69, 9.17) is 27.9 Å². The first-order chi connectivity index (χ1) is 1.73. The van der Waals surface area contributed by atoms with Gasteiger partial charge in [-0.25, -0.2) is 0 Å². The van der Waals surface area contributed by atoms with Crippen molar-refractivity contribution in [2.45, 2.75) is 0 Å². The maximum atomic E-state index is 4.97. The average Bonchev–Trinajstić information content (AvgIpc) is 0.811. The molecule has 0 heterocycles. The maximum absolute atomic E-state index is 4.97. The molecule has 0 aromatic heterocycles. The first kappa shape index (κ1) is 15.9. The van der Waals surface area contributed by atoms with Gasteiger partial charge in [-0.05, 0) is 0 Å². The van der Waals surface area contributed by atoms with E-state index < -0.39 is 14.7 Å². The first-order valence-electron chi connectivity index (χ1n) is 0.567. The Balaban J connectivity index is -0.00000000750. The molecule has 0 aromatic rings. The van der Waals surface area contributed by atoms with Crippen LogP contribution in [0.3, 0.4) is 0 Å². The van der Waals surface area contributed by atoms with Crippen molar-refractivity contribution in [2.75, 3.05) is 0 Å². The van der Waals surface area contributed by atoms with E-state index in [0.717, 1.165) is 0 Å². The fourth-order valence-electron chi connectivity index (χ4n) is 0. The van der Waals surface area contributed by atoms with Gasteiger partial charge in [-0.2, -0.15) is 0 Å². The van der Waals surface area contributed by atoms with Crippen molar-refractivity contribution >= 4 is 45.3 Å². The van der Waals surface area contributed by atoms with Crippen molar-refractivity contribution in [3.63, 3.8) is 0 Å². The smallest absolute Gasteiger partial charge is 1.00 e. The zero-order chi connectivity index (χ0) is 3.58. The van der Waals surface area contributed by atoms with Crippen LogP contribution in [0.25, 0.3) is 0 Å². The zero-order valence-electron chi connectivity index (χ0n) is 4.63. The summed E-state index contributed by atoms with van der Waals surface area (Å²) in [6, 6.07) is 0. The maximum Gasteiger partial charge on any atom is 1.00 e. The summed E-state index contributed by atoms with van der Waals surface area (Å²) in [5, 5.41) is 0. The van der Waals surface area contributed by atoms with E-state index in [0.29, 0.717) is 0 Å². The molecule has 0 fully saturated rings. The Hall–Kier alpha value is 2.71. The van der Waals surface area contributed by atoms with Gasteiger partial charge in [0.1, 0.15) is 0 Å². The monoisotopic (exact) mass is 192 g/mol. The Labute approximate surface area is 80.6 Å². The third kappa shape index (κ3) is 29.8. The molecule has 0 aliphatic carbocycles. The van der Waals surface area contributed by atoms with E-state index in [1.807, 2.05) is 0 Å². The minimum absolute atomic E-state index is 0. The SMILES string of the molecule is [AlH3].[Cl][Ti]([Cl])[Cl].[H-].[H-].[Li+]. The summed E-state index contributed by atoms with van der Waals surface area (Å²) in [4.78, 5) is 0. The van der Waals surface area contributed by atoms with Gasteiger partial charge in [0, 0.05) is 0 Å². The molecule has 6 heavy (non-hydrogen) atoms. The molecular formula is H5AlCl3LiTi-. The molecule has 0 bridgehead atoms. The van der Waals surface area contributed by atoms with Gasteiger partial charge in [-0.1, -0.05) is 0 Å². The van der Waals surface area contributed by atoms with Crippen molar-refractivity contribution in [2.24, 2.45) is 0 Å². The molecule has 0 nitrogen and oxygen atoms in total. The van der Waals surface area contributed by atoms with Crippen molar-refractivity contribution in [1.82, 2.24) is 0 Å². The van der Waals surface area contributed by atoms with Crippen LogP contribution in [-0.2, 0) is 14.7 Å². The quantitative estimate of drug-likeness (QED) is 0.395. The van der Waals surface area contributed by atoms with Gasteiger partial charge in [0.05, 0.1) is 0 Å². The summed E-state index contributed by atoms with van der Waals surface area (Å²) < 4.78 is 0. The third-order valence-electron chi connectivity index (χ3n) is 0. The molecule has 0 aliphatic heterocycles. The van der Waals surface area contributed by atoms with E-state index in [2.05, 4.69) is 0 Å². The molecule has 0 rings (SSSR count). The van der Waals surface area contributed by atoms with Crippen LogP contribution in [0.4, 0.5) is 0 Å². The molecule has 0 saturated carbocycles. The van der Waals surface area contributed by atoms with Crippen LogP contribution in [0.2, 0.25) is 0 Å². The Morgan fingerprint density at radius 1 is 1.17 bits per heavy atom. The molecule has 0 aliphatic rings. The van der Waals surface area contributed by atoms with Crippen LogP contribution < -0.4 is 18.9 Å². The van der Waals surface area contributed by atoms with Gasteiger partial charge in [-0.3, -0.25) is 0 Å². The molecule has 6 heteroatoms. The van der Waals surface area contributed by atoms with Crippen molar-refractivity contribution in [3.8, 4) is 0 Å². The van der Waals surface area contributed by atoms with Crippen LogP contribution in [0.5, 0.6) is 0 Å². The second kappa shape index (κ2) is 10.7. The Morgan fingerprint density at radius 3 is 1.17 bits per heavy atom. The predicted molar refractivity (Wildman–Crippen MR) is 29.7 cm³/mol. The van der Waals surface area contributed by atoms with E-state index in [1.54, 1.807) is 0 Å². The third-order valence-corrected chi connectivity index (χ3v) is 0. The van der Waals surface area contributed by atoms with Crippen LogP contribution in [0.15, 0.2) is 0 Å². The largest absolute Gasteiger partial charge is 1.00 e. The standard InChI is InChI=1S/Al.3ClH.Li.Ti.5H/h;3*1H;;;;;;;/q;;;;+1;+3;;;;2*-1/p-3. The Bertz CT molecular complexity index is 22.0. The Kier molecular flexibility index (Phi) is 28.2. The molecule has 35 valence electrons.